The molecular weight excluding hydrogens is 1830 g/mol. The molecule has 0 aromatic heterocycles. The van der Waals surface area contributed by atoms with E-state index in [1.165, 1.54) is 0 Å². The molecule has 135 heavy (non-hydrogen) atoms. The quantitative estimate of drug-likeness (QED) is 0.0294. The van der Waals surface area contributed by atoms with Crippen molar-refractivity contribution in [1.82, 2.24) is 0 Å². The second-order valence-corrected chi connectivity index (χ2v) is 29.6. The highest BCUT2D eigenvalue weighted by molar-refractivity contribution is 6.11. The molecule has 2 fully saturated rings. The van der Waals surface area contributed by atoms with Crippen LogP contribution in [0.15, 0.2) is 96.6 Å². The first-order valence-electron chi connectivity index (χ1n) is 37.5. The Morgan fingerprint density at radius 1 is 0.348 bits per heavy atom. The van der Waals surface area contributed by atoms with Gasteiger partial charge in [0.1, 0.15) is 31.0 Å². The van der Waals surface area contributed by atoms with E-state index in [0.29, 0.717) is 60.7 Å². The highest BCUT2D eigenvalue weighted by atomic mass is 16.8. The number of rotatable bonds is 15. The number of esters is 10. The maximum absolute atomic E-state index is 15.9. The number of phenolic OH excluding ortho intramolecular Hbond substituents is 25. The minimum Gasteiger partial charge on any atom is -0.504 e. The van der Waals surface area contributed by atoms with Crippen LogP contribution in [0.25, 0.3) is 11.1 Å². The van der Waals surface area contributed by atoms with Gasteiger partial charge in [-0.2, -0.15) is 0 Å². The topological polar surface area (TPSA) is 883 Å². The van der Waals surface area contributed by atoms with Gasteiger partial charge >= 0.3 is 65.5 Å². The van der Waals surface area contributed by atoms with Crippen LogP contribution in [-0.2, 0) is 66.4 Å². The summed E-state index contributed by atoms with van der Waals surface area (Å²) in [7, 11) is 0. The van der Waals surface area contributed by atoms with Crippen LogP contribution in [0.4, 0.5) is 0 Å². The van der Waals surface area contributed by atoms with Gasteiger partial charge in [0, 0.05) is 22.8 Å². The van der Waals surface area contributed by atoms with Crippen LogP contribution in [-0.4, -0.2) is 295 Å². The van der Waals surface area contributed by atoms with Crippen molar-refractivity contribution in [3.05, 3.63) is 152 Å². The second kappa shape index (κ2) is 33.2. The van der Waals surface area contributed by atoms with Crippen molar-refractivity contribution < 1.29 is 262 Å². The first-order valence-corrected chi connectivity index (χ1v) is 37.5. The summed E-state index contributed by atoms with van der Waals surface area (Å²) >= 11 is 0. The zero-order valence-electron chi connectivity index (χ0n) is 66.2. The third-order valence-electron chi connectivity index (χ3n) is 21.3. The van der Waals surface area contributed by atoms with E-state index in [1.807, 2.05) is 0 Å². The van der Waals surface area contributed by atoms with Crippen molar-refractivity contribution in [1.29, 1.82) is 0 Å². The molecule has 12 atom stereocenters. The lowest BCUT2D eigenvalue weighted by Crippen LogP contribution is -2.70. The molecule has 5 aliphatic heterocycles. The standard InChI is InChI=1S/C82H58O53/c83-28-1-18(2-29(84)49(28)98)69(109)122-16-42-61(127-70(110)19-3-30(85)50(99)31(86)4-19)65(129-71(111)20-5-32(87)51(100)33(88)6-20)67(79(124-42)133-72(112)21-7-34(89)52(101)35(90)8-21)132-78(118)27-14-39(94)55(104)59(108)60(27)126-63-46-24(12-40(95)56(63)105)74(114)123-17-43-62-66(130-75(115)23-11-38(93)54(103)58(107)45(23)46)68(80(125-43)134-73(113)22-9-36(91)53(102)37(92)10-22)131-77(117)26-15-44(97)82(121)81(119,120)48(26)47-25(76(116)128-62)13-41(96)57(106)64(47)135-82/h1-15,42-43,48,61-62,65-68,79-80,83-96,98-108,119-121H,16-17H2/t42-,43-,48?,61-,62-,65+,66+,67-,68-,79+,80+,82?/m1/s1. The molecule has 0 amide bonds. The summed E-state index contributed by atoms with van der Waals surface area (Å²) in [6.45, 7) is -3.30. The molecule has 9 aromatic carbocycles. The fourth-order valence-corrected chi connectivity index (χ4v) is 14.7. The number of ketones is 1. The normalized spacial score (nSPS) is 21.8. The number of hydrogen-bond acceptors (Lipinski definition) is 53. The molecule has 0 spiro atoms. The minimum absolute atomic E-state index is 0.00839. The van der Waals surface area contributed by atoms with Crippen LogP contribution in [0.3, 0.4) is 0 Å². The Labute approximate surface area is 741 Å². The molecule has 6 bridgehead atoms. The van der Waals surface area contributed by atoms with Crippen LogP contribution in [0, 0.1) is 0 Å². The van der Waals surface area contributed by atoms with Gasteiger partial charge in [0.25, 0.3) is 5.79 Å². The average molecular weight is 1890 g/mol. The zero-order valence-corrected chi connectivity index (χ0v) is 66.2. The summed E-state index contributed by atoms with van der Waals surface area (Å²) in [6.07, 6.45) is -29.1. The van der Waals surface area contributed by atoms with Gasteiger partial charge in [0.05, 0.1) is 56.0 Å². The average Bonchev–Trinajstić information content (AvgIpc) is 1.53. The van der Waals surface area contributed by atoms with Crippen molar-refractivity contribution >= 4 is 65.5 Å². The van der Waals surface area contributed by atoms with Gasteiger partial charge in [0.2, 0.25) is 59.3 Å². The zero-order chi connectivity index (χ0) is 98.3. The molecule has 2 saturated heterocycles. The van der Waals surface area contributed by atoms with Crippen molar-refractivity contribution in [2.75, 3.05) is 13.2 Å². The molecule has 2 unspecified atom stereocenters. The molecule has 0 saturated carbocycles. The van der Waals surface area contributed by atoms with E-state index in [4.69, 9.17) is 66.3 Å². The van der Waals surface area contributed by atoms with Crippen LogP contribution < -0.4 is 9.47 Å². The Hall–Kier alpha value is -18.5. The number of hydrogen-bond donors (Lipinski definition) is 28. The van der Waals surface area contributed by atoms with E-state index in [0.717, 1.165) is 0 Å². The molecule has 6 aliphatic rings. The number of ether oxygens (including phenoxy) is 14. The first-order chi connectivity index (χ1) is 63.4. The van der Waals surface area contributed by atoms with Crippen LogP contribution in [0.2, 0.25) is 0 Å². The monoisotopic (exact) mass is 1890 g/mol. The largest absolute Gasteiger partial charge is 0.504 e. The second-order valence-electron chi connectivity index (χ2n) is 29.6. The Kier molecular flexibility index (Phi) is 22.4. The third kappa shape index (κ3) is 15.5. The summed E-state index contributed by atoms with van der Waals surface area (Å²) < 4.78 is 80.0. The number of aromatic hydroxyl groups is 25. The summed E-state index contributed by atoms with van der Waals surface area (Å²) in [4.78, 5) is 164. The van der Waals surface area contributed by atoms with Crippen molar-refractivity contribution in [3.63, 3.8) is 0 Å². The van der Waals surface area contributed by atoms with Crippen molar-refractivity contribution in [2.24, 2.45) is 0 Å². The number of carbonyl (C=O) groups excluding carboxylic acids is 11. The van der Waals surface area contributed by atoms with Gasteiger partial charge in [-0.25, -0.2) is 47.9 Å². The van der Waals surface area contributed by atoms with Crippen molar-refractivity contribution in [2.45, 2.75) is 78.9 Å². The molecule has 15 rings (SSSR count). The lowest BCUT2D eigenvalue weighted by molar-refractivity contribution is -0.339. The molecule has 53 heteroatoms. The predicted molar refractivity (Wildman–Crippen MR) is 412 cm³/mol. The lowest BCUT2D eigenvalue weighted by Gasteiger charge is -2.49. The Morgan fingerprint density at radius 2 is 0.741 bits per heavy atom. The van der Waals surface area contributed by atoms with E-state index in [1.54, 1.807) is 0 Å². The molecule has 9 aromatic rings. The molecule has 5 heterocycles. The fraction of sp³-hybridized carbons (Fsp3) is 0.183. The number of fused-ring (bicyclic) bond motifs is 4. The summed E-state index contributed by atoms with van der Waals surface area (Å²) in [5, 5.41) is 308. The minimum atomic E-state index is -4.23. The Balaban J connectivity index is 0.895. The predicted octanol–water partition coefficient (Wildman–Crippen LogP) is 0.985. The van der Waals surface area contributed by atoms with E-state index in [-0.39, 0.29) is 30.3 Å². The third-order valence-corrected chi connectivity index (χ3v) is 21.3. The molecule has 1 aliphatic carbocycles. The highest BCUT2D eigenvalue weighted by Crippen LogP contribution is 2.61. The number of cyclic esters (lactones) is 1. The Morgan fingerprint density at radius 3 is 1.24 bits per heavy atom. The van der Waals surface area contributed by atoms with Crippen LogP contribution in [0.5, 0.6) is 161 Å². The van der Waals surface area contributed by atoms with Gasteiger partial charge in [-0.05, 0) is 84.9 Å². The van der Waals surface area contributed by atoms with Gasteiger partial charge in [0.15, 0.2) is 157 Å². The van der Waals surface area contributed by atoms with E-state index in [9.17, 15) is 172 Å². The first kappa shape index (κ1) is 91.2. The Bertz CT molecular complexity index is 6630. The van der Waals surface area contributed by atoms with Gasteiger partial charge in [-0.3, -0.25) is 4.79 Å². The van der Waals surface area contributed by atoms with Gasteiger partial charge < -0.3 is 209 Å². The maximum atomic E-state index is 15.9. The maximum Gasteiger partial charge on any atom is 0.342 e. The molecule has 53 nitrogen and oxygen atoms in total. The summed E-state index contributed by atoms with van der Waals surface area (Å²) in [5.41, 5.74) is -17.2. The number of carbonyl (C=O) groups is 11. The van der Waals surface area contributed by atoms with Gasteiger partial charge in [-0.15, -0.1) is 0 Å². The van der Waals surface area contributed by atoms with E-state index in [2.05, 4.69) is 0 Å². The van der Waals surface area contributed by atoms with E-state index >= 15 is 24.0 Å². The molecule has 0 radical (unpaired) electrons. The van der Waals surface area contributed by atoms with Crippen LogP contribution >= 0.6 is 0 Å². The highest BCUT2D eigenvalue weighted by Gasteiger charge is 2.71. The number of benzene rings is 9. The van der Waals surface area contributed by atoms with Crippen LogP contribution in [0.1, 0.15) is 105 Å². The molecule has 28 N–H and O–H groups in total. The SMILES string of the molecule is O=C1O[C@H]2[C@H](OC(=O)c3cc(O)c(O)c(O)c3)O[C@@H]3COC(=O)c4cc(O)c(O)c(Oc5c(C(=O)O[C@H]6[C@H](OC(=O)c7cc(O)c(O)c(O)c7)O[C@H](COC(=O)c7cc(O)c(O)c(O)c7)[C@@H](OC(=O)c7cc(O)c(O)c(O)c7)[C@@H]6OC(=O)c6cc(O)c(O)c(O)c6)cc(O)c(O)c5O)c4-c4c(cc(O)c(O)c4O)C(=O)O[C@H]2[C@@H]3OC(=O)c2cc(O)c(O)c3c2C2C1=CC(=O)C(O)(O3)C2(O)O. The van der Waals surface area contributed by atoms with Gasteiger partial charge in [-0.1, -0.05) is 0 Å². The summed E-state index contributed by atoms with van der Waals surface area (Å²) in [5.74, 6) is -75.9. The van der Waals surface area contributed by atoms with Crippen molar-refractivity contribution in [3.8, 4) is 172 Å². The summed E-state index contributed by atoms with van der Waals surface area (Å²) in [6, 6.07) is 4.39. The fourth-order valence-electron chi connectivity index (χ4n) is 14.7. The lowest BCUT2D eigenvalue weighted by atomic mass is 9.70. The molecule has 704 valence electrons. The molecular formula is C82H58O53. The number of phenols is 25. The smallest absolute Gasteiger partial charge is 0.342 e. The van der Waals surface area contributed by atoms with E-state index < -0.39 is 391 Å². The number of aliphatic hydroxyl groups is 3.